The molecule has 5 nitrogen and oxygen atoms in total. The van der Waals surface area contributed by atoms with Crippen molar-refractivity contribution in [3.05, 3.63) is 65.7 Å². The minimum Gasteiger partial charge on any atom is -0.378 e. The molecule has 0 atom stereocenters. The van der Waals surface area contributed by atoms with Crippen LogP contribution < -0.4 is 10.2 Å². The third-order valence-electron chi connectivity index (χ3n) is 5.09. The van der Waals surface area contributed by atoms with Crippen molar-refractivity contribution >= 4 is 17.5 Å². The van der Waals surface area contributed by atoms with E-state index in [1.807, 2.05) is 18.2 Å². The van der Waals surface area contributed by atoms with Crippen molar-refractivity contribution in [2.45, 2.75) is 20.3 Å². The standard InChI is InChI=1S/C23H26N4O/c1-3-18-11-7-8-17(2)22(18)26-23-24-20(19-9-5-4-6-10-19)16-21(25-23)27-12-14-28-15-13-27/h4-11,16H,3,12-15H2,1-2H3,(H,24,25,26). The van der Waals surface area contributed by atoms with Gasteiger partial charge in [-0.2, -0.15) is 4.98 Å². The summed E-state index contributed by atoms with van der Waals surface area (Å²) in [5.41, 5.74) is 5.57. The fourth-order valence-corrected chi connectivity index (χ4v) is 3.52. The Bertz CT molecular complexity index is 937. The van der Waals surface area contributed by atoms with Gasteiger partial charge in [-0.3, -0.25) is 0 Å². The van der Waals surface area contributed by atoms with E-state index in [-0.39, 0.29) is 0 Å². The molecule has 0 bridgehead atoms. The monoisotopic (exact) mass is 374 g/mol. The van der Waals surface area contributed by atoms with Crippen LogP contribution in [-0.2, 0) is 11.2 Å². The number of aryl methyl sites for hydroxylation is 2. The van der Waals surface area contributed by atoms with E-state index >= 15 is 0 Å². The molecule has 144 valence electrons. The normalized spacial score (nSPS) is 14.1. The fraction of sp³-hybridized carbons (Fsp3) is 0.304. The SMILES string of the molecule is CCc1cccc(C)c1Nc1nc(-c2ccccc2)cc(N2CCOCC2)n1. The van der Waals surface area contributed by atoms with E-state index in [9.17, 15) is 0 Å². The molecule has 1 aliphatic heterocycles. The topological polar surface area (TPSA) is 50.3 Å². The zero-order valence-electron chi connectivity index (χ0n) is 16.5. The predicted molar refractivity (Wildman–Crippen MR) is 114 cm³/mol. The van der Waals surface area contributed by atoms with Gasteiger partial charge < -0.3 is 15.0 Å². The Hall–Kier alpha value is -2.92. The fourth-order valence-electron chi connectivity index (χ4n) is 3.52. The van der Waals surface area contributed by atoms with Crippen LogP contribution in [0.4, 0.5) is 17.5 Å². The van der Waals surface area contributed by atoms with Crippen LogP contribution in [0.3, 0.4) is 0 Å². The largest absolute Gasteiger partial charge is 0.378 e. The number of aromatic nitrogens is 2. The average Bonchev–Trinajstić information content (AvgIpc) is 2.76. The van der Waals surface area contributed by atoms with Gasteiger partial charge in [0.05, 0.1) is 18.9 Å². The van der Waals surface area contributed by atoms with Crippen LogP contribution in [0.5, 0.6) is 0 Å². The smallest absolute Gasteiger partial charge is 0.229 e. The lowest BCUT2D eigenvalue weighted by atomic mass is 10.1. The van der Waals surface area contributed by atoms with E-state index in [1.54, 1.807) is 0 Å². The first kappa shape index (κ1) is 18.4. The lowest BCUT2D eigenvalue weighted by molar-refractivity contribution is 0.122. The van der Waals surface area contributed by atoms with Gasteiger partial charge in [0, 0.05) is 30.4 Å². The first-order chi connectivity index (χ1) is 13.7. The quantitative estimate of drug-likeness (QED) is 0.708. The molecule has 0 unspecified atom stereocenters. The first-order valence-corrected chi connectivity index (χ1v) is 9.87. The zero-order chi connectivity index (χ0) is 19.3. The summed E-state index contributed by atoms with van der Waals surface area (Å²) in [6.45, 7) is 7.42. The Morgan fingerprint density at radius 1 is 1.00 bits per heavy atom. The molecule has 1 saturated heterocycles. The molecular formula is C23H26N4O. The number of hydrogen-bond donors (Lipinski definition) is 1. The van der Waals surface area contributed by atoms with Gasteiger partial charge in [0.1, 0.15) is 5.82 Å². The van der Waals surface area contributed by atoms with Crippen LogP contribution in [-0.4, -0.2) is 36.3 Å². The molecule has 2 heterocycles. The number of benzene rings is 2. The number of rotatable bonds is 5. The summed E-state index contributed by atoms with van der Waals surface area (Å²) in [6.07, 6.45) is 0.957. The summed E-state index contributed by atoms with van der Waals surface area (Å²) in [5, 5.41) is 3.50. The summed E-state index contributed by atoms with van der Waals surface area (Å²) in [5.74, 6) is 1.57. The van der Waals surface area contributed by atoms with Gasteiger partial charge in [0.15, 0.2) is 0 Å². The number of anilines is 3. The van der Waals surface area contributed by atoms with E-state index in [0.29, 0.717) is 5.95 Å². The predicted octanol–water partition coefficient (Wildman–Crippen LogP) is 4.59. The molecule has 0 saturated carbocycles. The maximum absolute atomic E-state index is 5.51. The number of para-hydroxylation sites is 1. The minimum atomic E-state index is 0.631. The van der Waals surface area contributed by atoms with Gasteiger partial charge in [-0.1, -0.05) is 55.5 Å². The Balaban J connectivity index is 1.76. The highest BCUT2D eigenvalue weighted by Gasteiger charge is 2.16. The summed E-state index contributed by atoms with van der Waals surface area (Å²) < 4.78 is 5.51. The highest BCUT2D eigenvalue weighted by molar-refractivity contribution is 5.69. The molecule has 28 heavy (non-hydrogen) atoms. The Labute approximate surface area is 166 Å². The molecule has 5 heteroatoms. The third kappa shape index (κ3) is 3.99. The van der Waals surface area contributed by atoms with Crippen molar-refractivity contribution in [3.8, 4) is 11.3 Å². The second-order valence-electron chi connectivity index (χ2n) is 6.99. The third-order valence-corrected chi connectivity index (χ3v) is 5.09. The molecule has 1 aliphatic rings. The van der Waals surface area contributed by atoms with Crippen LogP contribution in [0.2, 0.25) is 0 Å². The molecule has 1 aromatic heterocycles. The van der Waals surface area contributed by atoms with Gasteiger partial charge in [-0.25, -0.2) is 4.98 Å². The van der Waals surface area contributed by atoms with Gasteiger partial charge >= 0.3 is 0 Å². The lowest BCUT2D eigenvalue weighted by Crippen LogP contribution is -2.36. The van der Waals surface area contributed by atoms with Crippen molar-refractivity contribution in [2.75, 3.05) is 36.5 Å². The maximum Gasteiger partial charge on any atom is 0.229 e. The van der Waals surface area contributed by atoms with Crippen LogP contribution in [0.15, 0.2) is 54.6 Å². The summed E-state index contributed by atoms with van der Waals surface area (Å²) in [6, 6.07) is 18.7. The van der Waals surface area contributed by atoms with Crippen molar-refractivity contribution in [1.82, 2.24) is 9.97 Å². The molecule has 4 rings (SSSR count). The zero-order valence-corrected chi connectivity index (χ0v) is 16.5. The molecule has 0 aliphatic carbocycles. The van der Waals surface area contributed by atoms with Crippen molar-refractivity contribution < 1.29 is 4.74 Å². The Morgan fingerprint density at radius 2 is 1.79 bits per heavy atom. The number of hydrogen-bond acceptors (Lipinski definition) is 5. The number of ether oxygens (including phenoxy) is 1. The second kappa shape index (κ2) is 8.40. The molecule has 3 aromatic rings. The van der Waals surface area contributed by atoms with E-state index < -0.39 is 0 Å². The average molecular weight is 374 g/mol. The summed E-state index contributed by atoms with van der Waals surface area (Å²) >= 11 is 0. The van der Waals surface area contributed by atoms with Crippen molar-refractivity contribution in [3.63, 3.8) is 0 Å². The number of nitrogens with one attached hydrogen (secondary N) is 1. The van der Waals surface area contributed by atoms with Gasteiger partial charge in [-0.05, 0) is 24.5 Å². The molecule has 1 fully saturated rings. The van der Waals surface area contributed by atoms with Crippen molar-refractivity contribution in [1.29, 1.82) is 0 Å². The Kier molecular flexibility index (Phi) is 5.53. The molecule has 0 spiro atoms. The first-order valence-electron chi connectivity index (χ1n) is 9.87. The maximum atomic E-state index is 5.51. The van der Waals surface area contributed by atoms with E-state index in [2.05, 4.69) is 60.5 Å². The van der Waals surface area contributed by atoms with Crippen LogP contribution >= 0.6 is 0 Å². The molecule has 0 amide bonds. The lowest BCUT2D eigenvalue weighted by Gasteiger charge is -2.28. The van der Waals surface area contributed by atoms with Crippen LogP contribution in [0.1, 0.15) is 18.1 Å². The van der Waals surface area contributed by atoms with Crippen LogP contribution in [0, 0.1) is 6.92 Å². The van der Waals surface area contributed by atoms with E-state index in [0.717, 1.165) is 55.5 Å². The molecule has 1 N–H and O–H groups in total. The molecular weight excluding hydrogens is 348 g/mol. The van der Waals surface area contributed by atoms with Crippen molar-refractivity contribution in [2.24, 2.45) is 0 Å². The summed E-state index contributed by atoms with van der Waals surface area (Å²) in [7, 11) is 0. The number of morpholine rings is 1. The summed E-state index contributed by atoms with van der Waals surface area (Å²) in [4.78, 5) is 11.9. The number of nitrogens with zero attached hydrogens (tertiary/aromatic N) is 3. The van der Waals surface area contributed by atoms with Gasteiger partial charge in [-0.15, -0.1) is 0 Å². The van der Waals surface area contributed by atoms with Gasteiger partial charge in [0.25, 0.3) is 0 Å². The van der Waals surface area contributed by atoms with E-state index in [4.69, 9.17) is 14.7 Å². The molecule has 2 aromatic carbocycles. The van der Waals surface area contributed by atoms with Gasteiger partial charge in [0.2, 0.25) is 5.95 Å². The highest BCUT2D eigenvalue weighted by atomic mass is 16.5. The molecule has 0 radical (unpaired) electrons. The van der Waals surface area contributed by atoms with E-state index in [1.165, 1.54) is 11.1 Å². The second-order valence-corrected chi connectivity index (χ2v) is 6.99. The minimum absolute atomic E-state index is 0.631. The van der Waals surface area contributed by atoms with Crippen LogP contribution in [0.25, 0.3) is 11.3 Å². The Morgan fingerprint density at radius 3 is 2.54 bits per heavy atom. The highest BCUT2D eigenvalue weighted by Crippen LogP contribution is 2.28.